The molecular formula is C13H24N2O3. The standard InChI is InChI=1S/C13H24N2O3/c1-9-5-7-15(12(9)11(3)17)13(18)10(2)14-6-4-8-16/h9-10,12,14,16H,4-8H2,1-3H3/t9-,10?,12+/m1/s1. The number of carbonyl (C=O) groups excluding carboxylic acids is 2. The first kappa shape index (κ1) is 15.1. The van der Waals surface area contributed by atoms with Gasteiger partial charge in [0.1, 0.15) is 0 Å². The second-order valence-electron chi connectivity index (χ2n) is 5.11. The van der Waals surface area contributed by atoms with Gasteiger partial charge in [0.25, 0.3) is 0 Å². The van der Waals surface area contributed by atoms with Crippen LogP contribution in [0.15, 0.2) is 0 Å². The lowest BCUT2D eigenvalue weighted by Crippen LogP contribution is -2.50. The average molecular weight is 256 g/mol. The van der Waals surface area contributed by atoms with E-state index in [4.69, 9.17) is 5.11 Å². The van der Waals surface area contributed by atoms with Crippen LogP contribution in [0.4, 0.5) is 0 Å². The van der Waals surface area contributed by atoms with Gasteiger partial charge in [-0.3, -0.25) is 9.59 Å². The third-order valence-electron chi connectivity index (χ3n) is 3.56. The number of aliphatic hydroxyl groups is 1. The van der Waals surface area contributed by atoms with Crippen LogP contribution in [-0.2, 0) is 9.59 Å². The van der Waals surface area contributed by atoms with Gasteiger partial charge in [-0.15, -0.1) is 0 Å². The molecule has 0 aromatic heterocycles. The van der Waals surface area contributed by atoms with Crippen LogP contribution in [-0.4, -0.2) is 53.5 Å². The number of ketones is 1. The highest BCUT2D eigenvalue weighted by molar-refractivity contribution is 5.90. The van der Waals surface area contributed by atoms with Crippen molar-refractivity contribution in [3.8, 4) is 0 Å². The Hall–Kier alpha value is -0.940. The van der Waals surface area contributed by atoms with Gasteiger partial charge in [0.05, 0.1) is 12.1 Å². The quantitative estimate of drug-likeness (QED) is 0.665. The number of hydrogen-bond donors (Lipinski definition) is 2. The van der Waals surface area contributed by atoms with E-state index < -0.39 is 0 Å². The Morgan fingerprint density at radius 2 is 2.17 bits per heavy atom. The first-order valence-corrected chi connectivity index (χ1v) is 6.64. The minimum atomic E-state index is -0.302. The zero-order valence-electron chi connectivity index (χ0n) is 11.5. The number of rotatable bonds is 6. The maximum Gasteiger partial charge on any atom is 0.240 e. The largest absolute Gasteiger partial charge is 0.396 e. The SMILES string of the molecule is CC(=O)[C@@H]1[C@H](C)CCN1C(=O)C(C)NCCCO. The molecule has 1 aliphatic rings. The Kier molecular flexibility index (Phi) is 5.75. The molecule has 104 valence electrons. The highest BCUT2D eigenvalue weighted by Crippen LogP contribution is 2.25. The molecule has 0 saturated carbocycles. The molecule has 1 rings (SSSR count). The average Bonchev–Trinajstić information content (AvgIpc) is 2.70. The van der Waals surface area contributed by atoms with Crippen LogP contribution in [0.3, 0.4) is 0 Å². The van der Waals surface area contributed by atoms with Gasteiger partial charge in [0.15, 0.2) is 5.78 Å². The molecule has 1 fully saturated rings. The predicted molar refractivity (Wildman–Crippen MR) is 69.1 cm³/mol. The van der Waals surface area contributed by atoms with Crippen LogP contribution in [0.1, 0.15) is 33.6 Å². The van der Waals surface area contributed by atoms with Crippen LogP contribution in [0.25, 0.3) is 0 Å². The van der Waals surface area contributed by atoms with E-state index in [9.17, 15) is 9.59 Å². The molecule has 0 aromatic carbocycles. The molecule has 1 heterocycles. The molecule has 5 nitrogen and oxygen atoms in total. The van der Waals surface area contributed by atoms with Gasteiger partial charge in [-0.2, -0.15) is 0 Å². The van der Waals surface area contributed by atoms with Crippen LogP contribution in [0.2, 0.25) is 0 Å². The van der Waals surface area contributed by atoms with Crippen molar-refractivity contribution in [2.24, 2.45) is 5.92 Å². The van der Waals surface area contributed by atoms with E-state index in [1.165, 1.54) is 0 Å². The van der Waals surface area contributed by atoms with Crippen LogP contribution in [0, 0.1) is 5.92 Å². The van der Waals surface area contributed by atoms with E-state index in [2.05, 4.69) is 5.32 Å². The first-order chi connectivity index (χ1) is 8.49. The van der Waals surface area contributed by atoms with Gasteiger partial charge >= 0.3 is 0 Å². The maximum absolute atomic E-state index is 12.2. The number of hydrogen-bond acceptors (Lipinski definition) is 4. The minimum absolute atomic E-state index is 0.0162. The van der Waals surface area contributed by atoms with Gasteiger partial charge in [-0.25, -0.2) is 0 Å². The van der Waals surface area contributed by atoms with Crippen molar-refractivity contribution in [2.75, 3.05) is 19.7 Å². The number of aliphatic hydroxyl groups excluding tert-OH is 1. The summed E-state index contributed by atoms with van der Waals surface area (Å²) in [5.74, 6) is 0.296. The van der Waals surface area contributed by atoms with E-state index in [1.54, 1.807) is 18.7 Å². The van der Waals surface area contributed by atoms with Crippen molar-refractivity contribution >= 4 is 11.7 Å². The number of amides is 1. The number of carbonyl (C=O) groups is 2. The first-order valence-electron chi connectivity index (χ1n) is 6.64. The van der Waals surface area contributed by atoms with Crippen molar-refractivity contribution in [1.82, 2.24) is 10.2 Å². The van der Waals surface area contributed by atoms with E-state index in [0.29, 0.717) is 19.5 Å². The molecule has 1 saturated heterocycles. The van der Waals surface area contributed by atoms with E-state index in [0.717, 1.165) is 6.42 Å². The number of nitrogens with one attached hydrogen (secondary N) is 1. The number of nitrogens with zero attached hydrogens (tertiary/aromatic N) is 1. The third-order valence-corrected chi connectivity index (χ3v) is 3.56. The van der Waals surface area contributed by atoms with E-state index in [-0.39, 0.29) is 36.3 Å². The second kappa shape index (κ2) is 6.85. The Bertz CT molecular complexity index is 307. The minimum Gasteiger partial charge on any atom is -0.396 e. The highest BCUT2D eigenvalue weighted by atomic mass is 16.3. The fourth-order valence-electron chi connectivity index (χ4n) is 2.55. The van der Waals surface area contributed by atoms with Crippen molar-refractivity contribution in [1.29, 1.82) is 0 Å². The van der Waals surface area contributed by atoms with Crippen LogP contribution < -0.4 is 5.32 Å². The third kappa shape index (κ3) is 3.53. The molecule has 0 bridgehead atoms. The van der Waals surface area contributed by atoms with E-state index >= 15 is 0 Å². The monoisotopic (exact) mass is 256 g/mol. The Balaban J connectivity index is 2.57. The second-order valence-corrected chi connectivity index (χ2v) is 5.11. The maximum atomic E-state index is 12.2. The summed E-state index contributed by atoms with van der Waals surface area (Å²) in [6.45, 7) is 6.76. The summed E-state index contributed by atoms with van der Waals surface area (Å²) in [4.78, 5) is 25.6. The lowest BCUT2D eigenvalue weighted by atomic mass is 9.99. The van der Waals surface area contributed by atoms with Crippen molar-refractivity contribution in [3.63, 3.8) is 0 Å². The zero-order chi connectivity index (χ0) is 13.7. The summed E-state index contributed by atoms with van der Waals surface area (Å²) in [7, 11) is 0. The summed E-state index contributed by atoms with van der Waals surface area (Å²) in [5, 5.41) is 11.8. The Morgan fingerprint density at radius 1 is 1.50 bits per heavy atom. The fourth-order valence-corrected chi connectivity index (χ4v) is 2.55. The number of Topliss-reactive ketones (excluding diaryl/α,β-unsaturated/α-hetero) is 1. The molecule has 18 heavy (non-hydrogen) atoms. The summed E-state index contributed by atoms with van der Waals surface area (Å²) in [5.41, 5.74) is 0. The topological polar surface area (TPSA) is 69.6 Å². The molecule has 0 spiro atoms. The molecule has 1 amide bonds. The molecule has 0 aliphatic carbocycles. The molecule has 5 heteroatoms. The Morgan fingerprint density at radius 3 is 2.72 bits per heavy atom. The molecule has 2 N–H and O–H groups in total. The summed E-state index contributed by atoms with van der Waals surface area (Å²) < 4.78 is 0. The van der Waals surface area contributed by atoms with Crippen molar-refractivity contribution < 1.29 is 14.7 Å². The van der Waals surface area contributed by atoms with Crippen LogP contribution >= 0.6 is 0 Å². The fraction of sp³-hybridized carbons (Fsp3) is 0.846. The molecule has 0 radical (unpaired) electrons. The van der Waals surface area contributed by atoms with Gasteiger partial charge in [-0.1, -0.05) is 6.92 Å². The molecule has 3 atom stereocenters. The van der Waals surface area contributed by atoms with Gasteiger partial charge in [0, 0.05) is 13.2 Å². The molecular weight excluding hydrogens is 232 g/mol. The normalized spacial score (nSPS) is 25.2. The van der Waals surface area contributed by atoms with Gasteiger partial charge in [-0.05, 0) is 39.2 Å². The molecule has 1 aliphatic heterocycles. The lowest BCUT2D eigenvalue weighted by molar-refractivity contribution is -0.139. The Labute approximate surface area is 109 Å². The van der Waals surface area contributed by atoms with Gasteiger partial charge in [0.2, 0.25) is 5.91 Å². The molecule has 0 aromatic rings. The number of likely N-dealkylation sites (tertiary alicyclic amines) is 1. The van der Waals surface area contributed by atoms with E-state index in [1.807, 2.05) is 6.92 Å². The highest BCUT2D eigenvalue weighted by Gasteiger charge is 2.38. The van der Waals surface area contributed by atoms with Gasteiger partial charge < -0.3 is 15.3 Å². The van der Waals surface area contributed by atoms with Crippen molar-refractivity contribution in [3.05, 3.63) is 0 Å². The van der Waals surface area contributed by atoms with Crippen molar-refractivity contribution in [2.45, 2.75) is 45.7 Å². The predicted octanol–water partition coefficient (Wildman–Crippen LogP) is 0.173. The zero-order valence-corrected chi connectivity index (χ0v) is 11.5. The lowest BCUT2D eigenvalue weighted by Gasteiger charge is -2.27. The molecule has 1 unspecified atom stereocenters. The summed E-state index contributed by atoms with van der Waals surface area (Å²) in [6, 6.07) is -0.566. The summed E-state index contributed by atoms with van der Waals surface area (Å²) in [6.07, 6.45) is 1.52. The smallest absolute Gasteiger partial charge is 0.240 e. The summed E-state index contributed by atoms with van der Waals surface area (Å²) >= 11 is 0. The van der Waals surface area contributed by atoms with Crippen LogP contribution in [0.5, 0.6) is 0 Å².